The van der Waals surface area contributed by atoms with Crippen LogP contribution in [-0.2, 0) is 6.54 Å². The maximum absolute atomic E-state index is 10.6. The van der Waals surface area contributed by atoms with Gasteiger partial charge in [0.1, 0.15) is 0 Å². The number of terminal acetylenes is 1. The van der Waals surface area contributed by atoms with Crippen molar-refractivity contribution < 1.29 is 9.90 Å². The van der Waals surface area contributed by atoms with Crippen LogP contribution in [0.1, 0.15) is 35.8 Å². The van der Waals surface area contributed by atoms with Crippen LogP contribution in [0.5, 0.6) is 0 Å². The first-order valence-corrected chi connectivity index (χ1v) is 5.52. The van der Waals surface area contributed by atoms with E-state index in [4.69, 9.17) is 11.5 Å². The maximum Gasteiger partial charge on any atom is 0.337 e. The van der Waals surface area contributed by atoms with Gasteiger partial charge in [-0.1, -0.05) is 6.92 Å². The van der Waals surface area contributed by atoms with E-state index >= 15 is 0 Å². The summed E-state index contributed by atoms with van der Waals surface area (Å²) in [4.78, 5) is 14.7. The third-order valence-corrected chi connectivity index (χ3v) is 2.50. The van der Waals surface area contributed by atoms with Crippen molar-refractivity contribution in [2.75, 3.05) is 0 Å². The number of aromatic carboxylic acids is 1. The number of pyridine rings is 1. The molecule has 4 heteroatoms. The van der Waals surface area contributed by atoms with Gasteiger partial charge in [-0.15, -0.1) is 12.3 Å². The van der Waals surface area contributed by atoms with E-state index in [1.165, 1.54) is 6.20 Å². The quantitative estimate of drug-likeness (QED) is 0.732. The van der Waals surface area contributed by atoms with Gasteiger partial charge in [-0.25, -0.2) is 4.79 Å². The van der Waals surface area contributed by atoms with Crippen LogP contribution < -0.4 is 5.32 Å². The second-order valence-electron chi connectivity index (χ2n) is 3.74. The molecule has 1 atom stereocenters. The van der Waals surface area contributed by atoms with Crippen molar-refractivity contribution in [3.8, 4) is 12.3 Å². The van der Waals surface area contributed by atoms with E-state index in [1.54, 1.807) is 12.1 Å². The monoisotopic (exact) mass is 232 g/mol. The summed E-state index contributed by atoms with van der Waals surface area (Å²) in [5.41, 5.74) is 1.01. The molecule has 0 fully saturated rings. The lowest BCUT2D eigenvalue weighted by Gasteiger charge is -2.13. The molecule has 1 aromatic heterocycles. The molecule has 0 aliphatic heterocycles. The van der Waals surface area contributed by atoms with Crippen LogP contribution in [0.15, 0.2) is 18.3 Å². The second-order valence-corrected chi connectivity index (χ2v) is 3.74. The van der Waals surface area contributed by atoms with Crippen LogP contribution in [0.25, 0.3) is 0 Å². The van der Waals surface area contributed by atoms with Gasteiger partial charge in [0, 0.05) is 25.2 Å². The van der Waals surface area contributed by atoms with E-state index in [1.807, 2.05) is 0 Å². The molecule has 0 radical (unpaired) electrons. The fourth-order valence-electron chi connectivity index (χ4n) is 1.41. The minimum absolute atomic E-state index is 0.199. The van der Waals surface area contributed by atoms with Gasteiger partial charge >= 0.3 is 5.97 Å². The van der Waals surface area contributed by atoms with E-state index in [0.29, 0.717) is 13.0 Å². The molecule has 17 heavy (non-hydrogen) atoms. The summed E-state index contributed by atoms with van der Waals surface area (Å²) in [6, 6.07) is 3.54. The van der Waals surface area contributed by atoms with Crippen molar-refractivity contribution in [1.29, 1.82) is 0 Å². The molecule has 2 N–H and O–H groups in total. The summed E-state index contributed by atoms with van der Waals surface area (Å²) >= 11 is 0. The van der Waals surface area contributed by atoms with E-state index in [2.05, 4.69) is 23.1 Å². The molecule has 1 aromatic rings. The first-order chi connectivity index (χ1) is 8.17. The van der Waals surface area contributed by atoms with Crippen LogP contribution in [0.2, 0.25) is 0 Å². The zero-order valence-electron chi connectivity index (χ0n) is 9.81. The van der Waals surface area contributed by atoms with Crippen molar-refractivity contribution >= 4 is 5.97 Å². The van der Waals surface area contributed by atoms with Crippen LogP contribution in [0.4, 0.5) is 0 Å². The molecule has 4 nitrogen and oxygen atoms in total. The van der Waals surface area contributed by atoms with E-state index in [-0.39, 0.29) is 11.6 Å². The number of nitrogens with one attached hydrogen (secondary N) is 1. The number of carboxylic acids is 1. The number of carboxylic acid groups (broad SMARTS) is 1. The number of hydrogen-bond donors (Lipinski definition) is 2. The fourth-order valence-corrected chi connectivity index (χ4v) is 1.41. The van der Waals surface area contributed by atoms with Crippen LogP contribution in [0.3, 0.4) is 0 Å². The molecular weight excluding hydrogens is 216 g/mol. The lowest BCUT2D eigenvalue weighted by Crippen LogP contribution is -2.27. The Balaban J connectivity index is 2.52. The van der Waals surface area contributed by atoms with Gasteiger partial charge < -0.3 is 10.4 Å². The first kappa shape index (κ1) is 13.2. The summed E-state index contributed by atoms with van der Waals surface area (Å²) in [5, 5.41) is 12.0. The number of nitrogens with zero attached hydrogens (tertiary/aromatic N) is 1. The molecule has 90 valence electrons. The minimum Gasteiger partial charge on any atom is -0.478 e. The minimum atomic E-state index is -0.962. The van der Waals surface area contributed by atoms with Gasteiger partial charge in [-0.2, -0.15) is 0 Å². The predicted molar refractivity (Wildman–Crippen MR) is 65.6 cm³/mol. The van der Waals surface area contributed by atoms with E-state index < -0.39 is 5.97 Å². The Kier molecular flexibility index (Phi) is 5.18. The summed E-state index contributed by atoms with van der Waals surface area (Å²) in [5.74, 6) is 1.66. The Bertz CT molecular complexity index is 406. The Morgan fingerprint density at radius 3 is 2.88 bits per heavy atom. The van der Waals surface area contributed by atoms with Crippen LogP contribution in [-0.4, -0.2) is 22.1 Å². The Morgan fingerprint density at radius 2 is 2.41 bits per heavy atom. The van der Waals surface area contributed by atoms with Gasteiger partial charge in [-0.05, 0) is 18.6 Å². The lowest BCUT2D eigenvalue weighted by molar-refractivity contribution is 0.0696. The highest BCUT2D eigenvalue weighted by atomic mass is 16.4. The number of hydrogen-bond acceptors (Lipinski definition) is 3. The number of aromatic nitrogens is 1. The SMILES string of the molecule is C#CCC(CC)NCc1ccc(C(=O)O)cn1. The van der Waals surface area contributed by atoms with Crippen molar-refractivity contribution in [1.82, 2.24) is 10.3 Å². The average molecular weight is 232 g/mol. The van der Waals surface area contributed by atoms with Gasteiger partial charge in [0.25, 0.3) is 0 Å². The second kappa shape index (κ2) is 6.66. The highest BCUT2D eigenvalue weighted by Crippen LogP contribution is 2.02. The zero-order valence-corrected chi connectivity index (χ0v) is 9.81. The Hall–Kier alpha value is -1.86. The highest BCUT2D eigenvalue weighted by Gasteiger charge is 2.05. The molecule has 0 aromatic carbocycles. The van der Waals surface area contributed by atoms with Crippen molar-refractivity contribution in [3.05, 3.63) is 29.6 Å². The van der Waals surface area contributed by atoms with Gasteiger partial charge in [0.15, 0.2) is 0 Å². The summed E-state index contributed by atoms with van der Waals surface area (Å²) < 4.78 is 0. The van der Waals surface area contributed by atoms with Gasteiger partial charge in [0.05, 0.1) is 11.3 Å². The maximum atomic E-state index is 10.6. The van der Waals surface area contributed by atoms with Crippen molar-refractivity contribution in [3.63, 3.8) is 0 Å². The standard InChI is InChI=1S/C13H16N2O2/c1-3-5-11(4-2)15-9-12-7-6-10(8-14-12)13(16)17/h1,6-8,11,15H,4-5,9H2,2H3,(H,16,17). The summed E-state index contributed by atoms with van der Waals surface area (Å²) in [7, 11) is 0. The van der Waals surface area contributed by atoms with Crippen molar-refractivity contribution in [2.45, 2.75) is 32.4 Å². The molecular formula is C13H16N2O2. The Labute approximate surface area is 101 Å². The zero-order chi connectivity index (χ0) is 12.7. The number of rotatable bonds is 6. The third kappa shape index (κ3) is 4.25. The van der Waals surface area contributed by atoms with Gasteiger partial charge in [0.2, 0.25) is 0 Å². The van der Waals surface area contributed by atoms with Crippen LogP contribution in [0, 0.1) is 12.3 Å². The molecule has 1 rings (SSSR count). The lowest BCUT2D eigenvalue weighted by atomic mass is 10.1. The van der Waals surface area contributed by atoms with E-state index in [9.17, 15) is 4.79 Å². The van der Waals surface area contributed by atoms with Crippen molar-refractivity contribution in [2.24, 2.45) is 0 Å². The topological polar surface area (TPSA) is 62.2 Å². The third-order valence-electron chi connectivity index (χ3n) is 2.50. The summed E-state index contributed by atoms with van der Waals surface area (Å²) in [6.07, 6.45) is 8.26. The smallest absolute Gasteiger partial charge is 0.337 e. The fraction of sp³-hybridized carbons (Fsp3) is 0.385. The average Bonchev–Trinajstić information content (AvgIpc) is 2.35. The van der Waals surface area contributed by atoms with E-state index in [0.717, 1.165) is 12.1 Å². The molecule has 0 aliphatic carbocycles. The molecule has 0 saturated carbocycles. The molecule has 0 aliphatic rings. The molecule has 0 saturated heterocycles. The summed E-state index contributed by atoms with van der Waals surface area (Å²) in [6.45, 7) is 2.66. The molecule has 0 bridgehead atoms. The molecule has 0 spiro atoms. The number of carbonyl (C=O) groups is 1. The molecule has 0 amide bonds. The normalized spacial score (nSPS) is 11.8. The molecule has 1 unspecified atom stereocenters. The molecule has 1 heterocycles. The van der Waals surface area contributed by atoms with Gasteiger partial charge in [-0.3, -0.25) is 4.98 Å². The highest BCUT2D eigenvalue weighted by molar-refractivity contribution is 5.87. The predicted octanol–water partition coefficient (Wildman–Crippen LogP) is 1.67. The van der Waals surface area contributed by atoms with Crippen LogP contribution >= 0.6 is 0 Å². The largest absolute Gasteiger partial charge is 0.478 e. The first-order valence-electron chi connectivity index (χ1n) is 5.52. The Morgan fingerprint density at radius 1 is 1.65 bits per heavy atom.